The molecule has 0 aliphatic rings. The van der Waals surface area contributed by atoms with E-state index >= 15 is 0 Å². The Morgan fingerprint density at radius 2 is 2.21 bits per heavy atom. The molecule has 7 heteroatoms. The molecule has 0 aliphatic heterocycles. The smallest absolute Gasteiger partial charge is 0.416 e. The summed E-state index contributed by atoms with van der Waals surface area (Å²) >= 11 is 4.39. The molecule has 0 aromatic heterocycles. The predicted molar refractivity (Wildman–Crippen MR) is 66.0 cm³/mol. The van der Waals surface area contributed by atoms with Gasteiger partial charge in [0.05, 0.1) is 17.8 Å². The maximum absolute atomic E-state index is 12.5. The minimum Gasteiger partial charge on any atom is -0.467 e. The van der Waals surface area contributed by atoms with E-state index in [1.54, 1.807) is 0 Å². The molecule has 19 heavy (non-hydrogen) atoms. The number of benzene rings is 1. The third kappa shape index (κ3) is 4.46. The summed E-state index contributed by atoms with van der Waals surface area (Å²) in [6, 6.07) is 3.69. The molecule has 0 amide bonds. The van der Waals surface area contributed by atoms with Crippen molar-refractivity contribution in [3.8, 4) is 0 Å². The third-order valence-electron chi connectivity index (χ3n) is 2.37. The first-order valence-corrected chi connectivity index (χ1v) is 5.60. The van der Waals surface area contributed by atoms with E-state index in [-0.39, 0.29) is 6.42 Å². The molecule has 0 fully saturated rings. The average Bonchev–Trinajstić information content (AvgIpc) is 2.36. The van der Waals surface area contributed by atoms with E-state index in [2.05, 4.69) is 21.9 Å². The molecule has 0 spiro atoms. The number of rotatable bonds is 4. The minimum atomic E-state index is -4.43. The Kier molecular flexibility index (Phi) is 5.20. The first kappa shape index (κ1) is 15.3. The Balaban J connectivity index is 2.97. The maximum Gasteiger partial charge on any atom is 0.416 e. The standard InChI is InChI=1S/C12H10F3NO2S/c1-18-11(17)10(16-7-19)6-8-3-2-4-9(5-8)12(13,14)15/h2-5,10H,6H2,1H3. The van der Waals surface area contributed by atoms with Crippen LogP contribution < -0.4 is 0 Å². The van der Waals surface area contributed by atoms with Crippen LogP contribution in [0.2, 0.25) is 0 Å². The van der Waals surface area contributed by atoms with Crippen molar-refractivity contribution in [3.05, 3.63) is 35.4 Å². The number of methoxy groups -OCH3 is 1. The van der Waals surface area contributed by atoms with Crippen LogP contribution in [0.1, 0.15) is 11.1 Å². The summed E-state index contributed by atoms with van der Waals surface area (Å²) in [6.07, 6.45) is -4.45. The van der Waals surface area contributed by atoms with Crippen LogP contribution in [0, 0.1) is 0 Å². The summed E-state index contributed by atoms with van der Waals surface area (Å²) in [4.78, 5) is 15.0. The fourth-order valence-corrected chi connectivity index (χ4v) is 1.61. The molecular weight excluding hydrogens is 279 g/mol. The zero-order valence-electron chi connectivity index (χ0n) is 9.90. The van der Waals surface area contributed by atoms with Gasteiger partial charge in [0.1, 0.15) is 0 Å². The summed E-state index contributed by atoms with van der Waals surface area (Å²) in [5.41, 5.74) is -0.459. The molecular formula is C12H10F3NO2S. The van der Waals surface area contributed by atoms with Crippen LogP contribution in [0.15, 0.2) is 29.3 Å². The molecule has 1 unspecified atom stereocenters. The van der Waals surface area contributed by atoms with Crippen LogP contribution in [0.25, 0.3) is 0 Å². The van der Waals surface area contributed by atoms with E-state index in [1.165, 1.54) is 19.2 Å². The van der Waals surface area contributed by atoms with Crippen molar-refractivity contribution in [1.82, 2.24) is 0 Å². The van der Waals surface area contributed by atoms with Gasteiger partial charge in [0.15, 0.2) is 6.04 Å². The fourth-order valence-electron chi connectivity index (χ4n) is 1.48. The number of hydrogen-bond acceptors (Lipinski definition) is 4. The van der Waals surface area contributed by atoms with Crippen LogP contribution in [0.5, 0.6) is 0 Å². The number of carbonyl (C=O) groups excluding carboxylic acids is 1. The largest absolute Gasteiger partial charge is 0.467 e. The number of isothiocyanates is 1. The third-order valence-corrected chi connectivity index (χ3v) is 2.47. The Labute approximate surface area is 113 Å². The molecule has 0 saturated carbocycles. The predicted octanol–water partition coefficient (Wildman–Crippen LogP) is 2.89. The van der Waals surface area contributed by atoms with Crippen molar-refractivity contribution in [1.29, 1.82) is 0 Å². The molecule has 0 N–H and O–H groups in total. The molecule has 0 saturated heterocycles. The summed E-state index contributed by atoms with van der Waals surface area (Å²) in [7, 11) is 1.17. The van der Waals surface area contributed by atoms with Gasteiger partial charge in [0.2, 0.25) is 0 Å². The molecule has 1 atom stereocenters. The quantitative estimate of drug-likeness (QED) is 0.486. The number of esters is 1. The van der Waals surface area contributed by atoms with E-state index in [1.807, 2.05) is 5.16 Å². The minimum absolute atomic E-state index is 0.0275. The monoisotopic (exact) mass is 289 g/mol. The highest BCUT2D eigenvalue weighted by Gasteiger charge is 2.30. The van der Waals surface area contributed by atoms with Gasteiger partial charge < -0.3 is 4.74 Å². The summed E-state index contributed by atoms with van der Waals surface area (Å²) in [6.45, 7) is 0. The molecule has 0 aliphatic carbocycles. The molecule has 0 heterocycles. The van der Waals surface area contributed by atoms with Crippen molar-refractivity contribution in [2.24, 2.45) is 4.99 Å². The van der Waals surface area contributed by atoms with Crippen LogP contribution >= 0.6 is 12.2 Å². The highest BCUT2D eigenvalue weighted by molar-refractivity contribution is 7.78. The van der Waals surface area contributed by atoms with Crippen molar-refractivity contribution in [2.75, 3.05) is 7.11 Å². The lowest BCUT2D eigenvalue weighted by Gasteiger charge is -2.11. The number of halogens is 3. The number of carbonyl (C=O) groups is 1. The van der Waals surface area contributed by atoms with E-state index in [9.17, 15) is 18.0 Å². The molecule has 0 bridgehead atoms. The van der Waals surface area contributed by atoms with E-state index in [0.29, 0.717) is 5.56 Å². The molecule has 3 nitrogen and oxygen atoms in total. The van der Waals surface area contributed by atoms with Gasteiger partial charge in [-0.2, -0.15) is 13.2 Å². The van der Waals surface area contributed by atoms with Crippen LogP contribution in [-0.2, 0) is 22.1 Å². The van der Waals surface area contributed by atoms with Gasteiger partial charge in [-0.3, -0.25) is 0 Å². The number of hydrogen-bond donors (Lipinski definition) is 0. The van der Waals surface area contributed by atoms with Crippen LogP contribution in [0.3, 0.4) is 0 Å². The number of alkyl halides is 3. The Morgan fingerprint density at radius 1 is 1.53 bits per heavy atom. The lowest BCUT2D eigenvalue weighted by atomic mass is 10.0. The zero-order chi connectivity index (χ0) is 14.5. The topological polar surface area (TPSA) is 38.7 Å². The lowest BCUT2D eigenvalue weighted by Crippen LogP contribution is -2.22. The van der Waals surface area contributed by atoms with Crippen LogP contribution in [-0.4, -0.2) is 24.3 Å². The van der Waals surface area contributed by atoms with Gasteiger partial charge in [0, 0.05) is 6.42 Å². The normalized spacial score (nSPS) is 12.4. The van der Waals surface area contributed by atoms with Gasteiger partial charge in [-0.25, -0.2) is 9.79 Å². The van der Waals surface area contributed by atoms with Gasteiger partial charge in [0.25, 0.3) is 0 Å². The maximum atomic E-state index is 12.5. The summed E-state index contributed by atoms with van der Waals surface area (Å²) in [5, 5.41) is 2.03. The van der Waals surface area contributed by atoms with Crippen molar-refractivity contribution < 1.29 is 22.7 Å². The average molecular weight is 289 g/mol. The molecule has 0 radical (unpaired) electrons. The lowest BCUT2D eigenvalue weighted by molar-refractivity contribution is -0.142. The van der Waals surface area contributed by atoms with Gasteiger partial charge in [-0.15, -0.1) is 0 Å². The first-order valence-electron chi connectivity index (χ1n) is 5.19. The second-order valence-electron chi connectivity index (χ2n) is 3.66. The van der Waals surface area contributed by atoms with Crippen molar-refractivity contribution in [2.45, 2.75) is 18.6 Å². The highest BCUT2D eigenvalue weighted by atomic mass is 32.1. The van der Waals surface area contributed by atoms with E-state index in [4.69, 9.17) is 0 Å². The van der Waals surface area contributed by atoms with Crippen molar-refractivity contribution >= 4 is 23.3 Å². The summed E-state index contributed by atoms with van der Waals surface area (Å²) < 4.78 is 42.1. The number of thiocarbonyl (C=S) groups is 1. The molecule has 1 aromatic carbocycles. The highest BCUT2D eigenvalue weighted by Crippen LogP contribution is 2.29. The Bertz CT molecular complexity index is 510. The summed E-state index contributed by atoms with van der Waals surface area (Å²) in [5.74, 6) is -0.672. The number of aliphatic imine (C=N–C) groups is 1. The van der Waals surface area contributed by atoms with Crippen LogP contribution in [0.4, 0.5) is 13.2 Å². The number of nitrogens with zero attached hydrogens (tertiary/aromatic N) is 1. The first-order chi connectivity index (χ1) is 8.88. The van der Waals surface area contributed by atoms with E-state index in [0.717, 1.165) is 12.1 Å². The molecule has 1 rings (SSSR count). The van der Waals surface area contributed by atoms with Gasteiger partial charge in [-0.1, -0.05) is 18.2 Å². The number of ether oxygens (including phenoxy) is 1. The Morgan fingerprint density at radius 3 is 2.74 bits per heavy atom. The zero-order valence-corrected chi connectivity index (χ0v) is 10.7. The fraction of sp³-hybridized carbons (Fsp3) is 0.333. The van der Waals surface area contributed by atoms with Gasteiger partial charge >= 0.3 is 12.1 Å². The van der Waals surface area contributed by atoms with Gasteiger partial charge in [-0.05, 0) is 23.8 Å². The van der Waals surface area contributed by atoms with E-state index < -0.39 is 23.8 Å². The SMILES string of the molecule is COC(=O)C(Cc1cccc(C(F)(F)F)c1)N=C=S. The molecule has 102 valence electrons. The Hall–Kier alpha value is -1.72. The second kappa shape index (κ2) is 6.45. The van der Waals surface area contributed by atoms with Crippen molar-refractivity contribution in [3.63, 3.8) is 0 Å². The molecule has 1 aromatic rings. The second-order valence-corrected chi connectivity index (χ2v) is 3.84.